The first kappa shape index (κ1) is 16.6. The van der Waals surface area contributed by atoms with Crippen molar-refractivity contribution >= 4 is 13.8 Å². The maximum Gasteiger partial charge on any atom is 1.00 e. The van der Waals surface area contributed by atoms with E-state index in [0.717, 1.165) is 6.92 Å². The van der Waals surface area contributed by atoms with Crippen LogP contribution in [0, 0.1) is 0 Å². The molecular formula is C2H8LiO6P. The predicted octanol–water partition coefficient (Wildman–Crippen LogP) is -3.72. The van der Waals surface area contributed by atoms with Gasteiger partial charge in [-0.3, -0.25) is 4.79 Å². The summed E-state index contributed by atoms with van der Waals surface area (Å²) in [7, 11) is -4.64. The van der Waals surface area contributed by atoms with Crippen LogP contribution in [-0.2, 0) is 9.36 Å². The van der Waals surface area contributed by atoms with E-state index in [1.54, 1.807) is 0 Å². The largest absolute Gasteiger partial charge is 1.00 e. The van der Waals surface area contributed by atoms with Gasteiger partial charge in [0.1, 0.15) is 0 Å². The molecular weight excluding hydrogens is 158 g/mol. The van der Waals surface area contributed by atoms with Gasteiger partial charge in [0, 0.05) is 6.92 Å². The van der Waals surface area contributed by atoms with Crippen molar-refractivity contribution in [3.8, 4) is 0 Å². The molecule has 0 heterocycles. The molecule has 0 aromatic rings. The van der Waals surface area contributed by atoms with E-state index < -0.39 is 13.8 Å². The maximum atomic E-state index is 9.00. The Balaban J connectivity index is -0.0000000383. The molecule has 10 heavy (non-hydrogen) atoms. The molecule has 58 valence electrons. The number of rotatable bonds is 0. The fraction of sp³-hybridized carbons (Fsp3) is 0.500. The Morgan fingerprint density at radius 3 is 1.40 bits per heavy atom. The average Bonchev–Trinajstić information content (AvgIpc) is 1.19. The second-order valence-electron chi connectivity index (χ2n) is 1.03. The summed E-state index contributed by atoms with van der Waals surface area (Å²) in [5.41, 5.74) is 0. The van der Waals surface area contributed by atoms with Crippen LogP contribution in [0.4, 0.5) is 0 Å². The van der Waals surface area contributed by atoms with Crippen LogP contribution in [0.25, 0.3) is 0 Å². The molecule has 0 spiro atoms. The summed E-state index contributed by atoms with van der Waals surface area (Å²) in [6, 6.07) is 0. The molecule has 0 fully saturated rings. The zero-order valence-electron chi connectivity index (χ0n) is 6.55. The van der Waals surface area contributed by atoms with Gasteiger partial charge in [-0.1, -0.05) is 0 Å². The summed E-state index contributed by atoms with van der Waals surface area (Å²) >= 11 is 0. The van der Waals surface area contributed by atoms with Gasteiger partial charge >= 0.3 is 26.7 Å². The van der Waals surface area contributed by atoms with Crippen molar-refractivity contribution in [2.24, 2.45) is 0 Å². The van der Waals surface area contributed by atoms with Crippen LogP contribution >= 0.6 is 7.82 Å². The molecule has 0 unspecified atom stereocenters. The van der Waals surface area contributed by atoms with Crippen molar-refractivity contribution in [2.45, 2.75) is 6.92 Å². The molecule has 0 bridgehead atoms. The molecule has 0 rings (SSSR count). The molecule has 0 saturated heterocycles. The SMILES string of the molecule is CC(=O)O.O=P(O)(O)O.[H-].[Li+]. The molecule has 0 aliphatic rings. The third kappa shape index (κ3) is 13400. The standard InChI is InChI=1S/C2H4O2.Li.H3O4P.H/c1-2(3)4;;1-5(2,3)4;/h1H3,(H,3,4);;(H3,1,2,3,4);/q;+1;;-1. The monoisotopic (exact) mass is 166 g/mol. The first-order valence-electron chi connectivity index (χ1n) is 1.71. The van der Waals surface area contributed by atoms with Crippen molar-refractivity contribution in [2.75, 3.05) is 0 Å². The predicted molar refractivity (Wildman–Crippen MR) is 28.7 cm³/mol. The zero-order chi connectivity index (χ0) is 8.08. The van der Waals surface area contributed by atoms with Crippen LogP contribution in [0.1, 0.15) is 8.35 Å². The van der Waals surface area contributed by atoms with Crippen LogP contribution in [0.3, 0.4) is 0 Å². The number of carbonyl (C=O) groups is 1. The minimum Gasteiger partial charge on any atom is -1.00 e. The quantitative estimate of drug-likeness (QED) is 0.217. The topological polar surface area (TPSA) is 115 Å². The summed E-state index contributed by atoms with van der Waals surface area (Å²) in [6.07, 6.45) is 0. The van der Waals surface area contributed by atoms with Gasteiger partial charge in [0.05, 0.1) is 0 Å². The zero-order valence-corrected chi connectivity index (χ0v) is 6.45. The number of phosphoric acid groups is 1. The van der Waals surface area contributed by atoms with E-state index >= 15 is 0 Å². The average molecular weight is 166 g/mol. The van der Waals surface area contributed by atoms with Crippen LogP contribution in [-0.4, -0.2) is 25.8 Å². The molecule has 0 atom stereocenters. The van der Waals surface area contributed by atoms with Crippen LogP contribution in [0.5, 0.6) is 0 Å². The summed E-state index contributed by atoms with van der Waals surface area (Å²) in [5.74, 6) is -0.833. The van der Waals surface area contributed by atoms with Crippen molar-refractivity contribution < 1.29 is 49.4 Å². The summed E-state index contributed by atoms with van der Waals surface area (Å²) in [6.45, 7) is 1.08. The van der Waals surface area contributed by atoms with Crippen LogP contribution in [0.2, 0.25) is 0 Å². The number of carboxylic acid groups (broad SMARTS) is 1. The smallest absolute Gasteiger partial charge is 1.00 e. The summed E-state index contributed by atoms with van der Waals surface area (Å²) < 4.78 is 8.88. The number of hydrogen-bond donors (Lipinski definition) is 4. The minimum absolute atomic E-state index is 0. The van der Waals surface area contributed by atoms with Gasteiger partial charge < -0.3 is 21.2 Å². The van der Waals surface area contributed by atoms with Gasteiger partial charge in [0.15, 0.2) is 0 Å². The van der Waals surface area contributed by atoms with Crippen molar-refractivity contribution in [1.82, 2.24) is 0 Å². The van der Waals surface area contributed by atoms with E-state index in [1.807, 2.05) is 0 Å². The van der Waals surface area contributed by atoms with E-state index in [2.05, 4.69) is 0 Å². The van der Waals surface area contributed by atoms with Gasteiger partial charge in [-0.15, -0.1) is 0 Å². The van der Waals surface area contributed by atoms with Crippen molar-refractivity contribution in [3.63, 3.8) is 0 Å². The van der Waals surface area contributed by atoms with E-state index in [1.165, 1.54) is 0 Å². The second kappa shape index (κ2) is 7.29. The van der Waals surface area contributed by atoms with Gasteiger partial charge in [0.25, 0.3) is 5.97 Å². The molecule has 0 radical (unpaired) electrons. The Morgan fingerprint density at radius 1 is 1.40 bits per heavy atom. The van der Waals surface area contributed by atoms with Crippen molar-refractivity contribution in [1.29, 1.82) is 0 Å². The van der Waals surface area contributed by atoms with Crippen LogP contribution in [0.15, 0.2) is 0 Å². The Hall–Kier alpha value is 0.177. The second-order valence-corrected chi connectivity index (χ2v) is 2.06. The molecule has 6 nitrogen and oxygen atoms in total. The molecule has 8 heteroatoms. The van der Waals surface area contributed by atoms with Gasteiger partial charge in [-0.2, -0.15) is 0 Å². The Labute approximate surface area is 70.8 Å². The van der Waals surface area contributed by atoms with Gasteiger partial charge in [0.2, 0.25) is 0 Å². The van der Waals surface area contributed by atoms with Gasteiger partial charge in [-0.25, -0.2) is 4.57 Å². The van der Waals surface area contributed by atoms with E-state index in [0.29, 0.717) is 0 Å². The maximum absolute atomic E-state index is 9.00. The Morgan fingerprint density at radius 2 is 1.40 bits per heavy atom. The van der Waals surface area contributed by atoms with E-state index in [4.69, 9.17) is 29.1 Å². The molecule has 0 aliphatic carbocycles. The summed E-state index contributed by atoms with van der Waals surface area (Å²) in [5, 5.41) is 7.42. The summed E-state index contributed by atoms with van der Waals surface area (Å²) in [4.78, 5) is 30.6. The molecule has 0 aliphatic heterocycles. The number of hydrogen-bond acceptors (Lipinski definition) is 2. The fourth-order valence-corrected chi connectivity index (χ4v) is 0. The Kier molecular flexibility index (Phi) is 12.1. The number of carboxylic acids is 1. The third-order valence-electron chi connectivity index (χ3n) is 0. The van der Waals surface area contributed by atoms with Crippen LogP contribution < -0.4 is 18.9 Å². The Bertz CT molecular complexity index is 120. The molecule has 0 amide bonds. The van der Waals surface area contributed by atoms with E-state index in [-0.39, 0.29) is 20.3 Å². The normalized spacial score (nSPS) is 8.40. The third-order valence-corrected chi connectivity index (χ3v) is 0. The van der Waals surface area contributed by atoms with E-state index in [9.17, 15) is 0 Å². The van der Waals surface area contributed by atoms with Gasteiger partial charge in [-0.05, 0) is 0 Å². The van der Waals surface area contributed by atoms with Crippen molar-refractivity contribution in [3.05, 3.63) is 0 Å². The number of aliphatic carboxylic acids is 1. The first-order chi connectivity index (χ1) is 3.73. The fourth-order valence-electron chi connectivity index (χ4n) is 0. The molecule has 0 aromatic carbocycles. The molecule has 0 aromatic heterocycles. The minimum atomic E-state index is -4.64. The molecule has 4 N–H and O–H groups in total. The molecule has 0 saturated carbocycles. The first-order valence-corrected chi connectivity index (χ1v) is 3.28.